The van der Waals surface area contributed by atoms with Gasteiger partial charge >= 0.3 is 4.94 Å². The summed E-state index contributed by atoms with van der Waals surface area (Å²) < 4.78 is 5.89. The third kappa shape index (κ3) is 1.74. The molecule has 0 saturated carbocycles. The Morgan fingerprint density at radius 3 is 2.75 bits per heavy atom. The quantitative estimate of drug-likeness (QED) is 0.828. The Kier molecular flexibility index (Phi) is 2.55. The number of nitrogens with one attached hydrogen (secondary N) is 1. The van der Waals surface area contributed by atoms with E-state index in [9.17, 15) is 9.59 Å². The third-order valence-corrected chi connectivity index (χ3v) is 3.30. The van der Waals surface area contributed by atoms with E-state index >= 15 is 0 Å². The molecule has 0 fully saturated rings. The summed E-state index contributed by atoms with van der Waals surface area (Å²) in [6.07, 6.45) is 0. The van der Waals surface area contributed by atoms with E-state index in [2.05, 4.69) is 5.32 Å². The lowest BCUT2D eigenvalue weighted by Gasteiger charge is -2.07. The average molecular weight is 237 g/mol. The largest absolute Gasteiger partial charge is 0.414 e. The molecule has 0 radical (unpaired) electrons. The van der Waals surface area contributed by atoms with E-state index in [1.807, 2.05) is 19.9 Å². The number of hydrogen-bond acceptors (Lipinski definition) is 4. The van der Waals surface area contributed by atoms with Crippen LogP contribution in [0, 0.1) is 13.8 Å². The zero-order valence-electron chi connectivity index (χ0n) is 9.21. The Morgan fingerprint density at radius 2 is 2.12 bits per heavy atom. The van der Waals surface area contributed by atoms with Crippen molar-refractivity contribution in [1.82, 2.24) is 0 Å². The molecule has 0 spiro atoms. The lowest BCUT2D eigenvalue weighted by atomic mass is 10.1. The van der Waals surface area contributed by atoms with Gasteiger partial charge in [0.2, 0.25) is 5.91 Å². The van der Waals surface area contributed by atoms with Gasteiger partial charge in [-0.15, -0.1) is 0 Å². The monoisotopic (exact) mass is 237 g/mol. The van der Waals surface area contributed by atoms with Gasteiger partial charge in [-0.1, -0.05) is 11.3 Å². The van der Waals surface area contributed by atoms with Crippen LogP contribution >= 0.6 is 11.3 Å². The Bertz CT molecular complexity index is 624. The van der Waals surface area contributed by atoms with Gasteiger partial charge < -0.3 is 9.73 Å². The van der Waals surface area contributed by atoms with Gasteiger partial charge in [-0.05, 0) is 31.0 Å². The number of carbonyl (C=O) groups excluding carboxylic acids is 1. The fraction of sp³-hybridized carbons (Fsp3) is 0.273. The van der Waals surface area contributed by atoms with E-state index in [1.54, 1.807) is 0 Å². The second kappa shape index (κ2) is 3.75. The van der Waals surface area contributed by atoms with Crippen LogP contribution in [0.3, 0.4) is 0 Å². The Labute approximate surface area is 95.9 Å². The lowest BCUT2D eigenvalue weighted by Crippen LogP contribution is -2.07. The molecule has 16 heavy (non-hydrogen) atoms. The first-order chi connectivity index (χ1) is 7.49. The van der Waals surface area contributed by atoms with Gasteiger partial charge in [-0.2, -0.15) is 0 Å². The third-order valence-electron chi connectivity index (χ3n) is 2.35. The molecular formula is C11H11NO3S. The molecule has 1 aromatic heterocycles. The highest BCUT2D eigenvalue weighted by molar-refractivity contribution is 7.16. The van der Waals surface area contributed by atoms with Crippen LogP contribution in [-0.4, -0.2) is 5.91 Å². The molecule has 1 heterocycles. The van der Waals surface area contributed by atoms with Crippen molar-refractivity contribution in [3.63, 3.8) is 0 Å². The summed E-state index contributed by atoms with van der Waals surface area (Å²) in [5.74, 6) is -0.127. The Hall–Kier alpha value is -1.62. The van der Waals surface area contributed by atoms with Crippen molar-refractivity contribution in [1.29, 1.82) is 0 Å². The predicted molar refractivity (Wildman–Crippen MR) is 64.1 cm³/mol. The average Bonchev–Trinajstić information content (AvgIpc) is 2.56. The SMILES string of the molecule is CC(=O)Nc1cc(C)c2oc(=O)sc2c1C. The van der Waals surface area contributed by atoms with Crippen LogP contribution in [0.1, 0.15) is 18.1 Å². The molecule has 4 nitrogen and oxygen atoms in total. The Balaban J connectivity index is 2.74. The van der Waals surface area contributed by atoms with Crippen LogP contribution in [-0.2, 0) is 4.79 Å². The zero-order chi connectivity index (χ0) is 11.9. The highest BCUT2D eigenvalue weighted by Crippen LogP contribution is 2.30. The van der Waals surface area contributed by atoms with Crippen LogP contribution in [0.2, 0.25) is 0 Å². The molecule has 0 bridgehead atoms. The van der Waals surface area contributed by atoms with Gasteiger partial charge in [0.15, 0.2) is 5.58 Å². The van der Waals surface area contributed by atoms with Crippen molar-refractivity contribution < 1.29 is 9.21 Å². The Morgan fingerprint density at radius 1 is 1.44 bits per heavy atom. The summed E-state index contributed by atoms with van der Waals surface area (Å²) in [4.78, 5) is 21.9. The number of fused-ring (bicyclic) bond motifs is 1. The smallest absolute Gasteiger partial charge is 0.396 e. The van der Waals surface area contributed by atoms with Crippen LogP contribution < -0.4 is 10.3 Å². The van der Waals surface area contributed by atoms with Crippen LogP contribution in [0.5, 0.6) is 0 Å². The van der Waals surface area contributed by atoms with Crippen LogP contribution in [0.25, 0.3) is 10.3 Å². The molecule has 0 atom stereocenters. The minimum Gasteiger partial charge on any atom is -0.414 e. The number of anilines is 1. The first-order valence-electron chi connectivity index (χ1n) is 4.80. The molecule has 2 rings (SSSR count). The van der Waals surface area contributed by atoms with E-state index in [4.69, 9.17) is 4.42 Å². The summed E-state index contributed by atoms with van der Waals surface area (Å²) in [6.45, 7) is 5.16. The van der Waals surface area contributed by atoms with Crippen LogP contribution in [0.15, 0.2) is 15.3 Å². The van der Waals surface area contributed by atoms with Gasteiger partial charge in [0.25, 0.3) is 0 Å². The number of hydrogen-bond donors (Lipinski definition) is 1. The molecule has 1 amide bonds. The number of carbonyl (C=O) groups is 1. The molecular weight excluding hydrogens is 226 g/mol. The van der Waals surface area contributed by atoms with Gasteiger partial charge in [0, 0.05) is 12.6 Å². The summed E-state index contributed by atoms with van der Waals surface area (Å²) >= 11 is 1.06. The predicted octanol–water partition coefficient (Wildman–Crippen LogP) is 2.43. The number of benzene rings is 1. The first-order valence-corrected chi connectivity index (χ1v) is 5.62. The molecule has 0 aliphatic carbocycles. The second-order valence-corrected chi connectivity index (χ2v) is 4.61. The fourth-order valence-electron chi connectivity index (χ4n) is 1.62. The standard InChI is InChI=1S/C11H11NO3S/c1-5-4-8(12-7(3)13)6(2)10-9(5)15-11(14)16-10/h4H,1-3H3,(H,12,13). The molecule has 2 aromatic rings. The van der Waals surface area contributed by atoms with Crippen molar-refractivity contribution in [3.8, 4) is 0 Å². The maximum Gasteiger partial charge on any atom is 0.396 e. The van der Waals surface area contributed by atoms with E-state index < -0.39 is 0 Å². The van der Waals surface area contributed by atoms with E-state index in [-0.39, 0.29) is 10.8 Å². The molecule has 1 N–H and O–H groups in total. The maximum absolute atomic E-state index is 11.2. The molecule has 1 aromatic carbocycles. The lowest BCUT2D eigenvalue weighted by molar-refractivity contribution is -0.114. The van der Waals surface area contributed by atoms with Crippen molar-refractivity contribution in [2.24, 2.45) is 0 Å². The van der Waals surface area contributed by atoms with E-state index in [0.29, 0.717) is 5.58 Å². The van der Waals surface area contributed by atoms with Crippen LogP contribution in [0.4, 0.5) is 5.69 Å². The molecule has 0 saturated heterocycles. The highest BCUT2D eigenvalue weighted by atomic mass is 32.1. The van der Waals surface area contributed by atoms with Gasteiger partial charge in [-0.25, -0.2) is 4.79 Å². The van der Waals surface area contributed by atoms with Gasteiger partial charge in [0.1, 0.15) is 0 Å². The normalized spacial score (nSPS) is 10.7. The topological polar surface area (TPSA) is 59.3 Å². The van der Waals surface area contributed by atoms with Crippen molar-refractivity contribution in [2.75, 3.05) is 5.32 Å². The summed E-state index contributed by atoms with van der Waals surface area (Å²) in [7, 11) is 0. The number of rotatable bonds is 1. The first kappa shape index (κ1) is 10.9. The van der Waals surface area contributed by atoms with E-state index in [1.165, 1.54) is 6.92 Å². The summed E-state index contributed by atoms with van der Waals surface area (Å²) in [5, 5.41) is 2.74. The van der Waals surface area contributed by atoms with Gasteiger partial charge in [-0.3, -0.25) is 4.79 Å². The van der Waals surface area contributed by atoms with Crippen molar-refractivity contribution in [3.05, 3.63) is 26.9 Å². The molecule has 5 heteroatoms. The summed E-state index contributed by atoms with van der Waals surface area (Å²) in [5.41, 5.74) is 3.06. The molecule has 0 unspecified atom stereocenters. The van der Waals surface area contributed by atoms with Gasteiger partial charge in [0.05, 0.1) is 4.70 Å². The number of amides is 1. The molecule has 0 aliphatic heterocycles. The maximum atomic E-state index is 11.2. The minimum atomic E-state index is -0.318. The fourth-order valence-corrected chi connectivity index (χ4v) is 2.47. The zero-order valence-corrected chi connectivity index (χ0v) is 10.0. The molecule has 0 aliphatic rings. The highest BCUT2D eigenvalue weighted by Gasteiger charge is 2.12. The van der Waals surface area contributed by atoms with E-state index in [0.717, 1.165) is 32.9 Å². The summed E-state index contributed by atoms with van der Waals surface area (Å²) in [6, 6.07) is 1.81. The van der Waals surface area contributed by atoms with Crippen molar-refractivity contribution >= 4 is 33.2 Å². The van der Waals surface area contributed by atoms with Crippen molar-refractivity contribution in [2.45, 2.75) is 20.8 Å². The minimum absolute atomic E-state index is 0.127. The molecule has 84 valence electrons. The second-order valence-electron chi connectivity index (χ2n) is 3.66. The number of aryl methyl sites for hydroxylation is 2.